The number of piperidine rings is 1. The first-order valence-electron chi connectivity index (χ1n) is 6.80. The van der Waals surface area contributed by atoms with Gasteiger partial charge in [0.1, 0.15) is 12.1 Å². The highest BCUT2D eigenvalue weighted by molar-refractivity contribution is 5.79. The number of likely N-dealkylation sites (tertiary alicyclic amines) is 1. The van der Waals surface area contributed by atoms with Gasteiger partial charge in [0.05, 0.1) is 0 Å². The lowest BCUT2D eigenvalue weighted by Gasteiger charge is -2.32. The zero-order valence-corrected chi connectivity index (χ0v) is 12.4. The van der Waals surface area contributed by atoms with E-state index in [1.807, 2.05) is 5.32 Å². The lowest BCUT2D eigenvalue weighted by molar-refractivity contribution is -0.141. The number of ether oxygens (including phenoxy) is 1. The summed E-state index contributed by atoms with van der Waals surface area (Å²) in [6.45, 7) is 4.54. The molecule has 0 unspecified atom stereocenters. The molecule has 1 heterocycles. The number of hydrogen-bond acceptors (Lipinski definition) is 3. The average Bonchev–Trinajstić information content (AvgIpc) is 2.33. The predicted molar refractivity (Wildman–Crippen MR) is 69.6 cm³/mol. The Bertz CT molecular complexity index is 383. The second-order valence-electron chi connectivity index (χ2n) is 6.07. The first-order chi connectivity index (χ1) is 9.48. The average molecular weight is 310 g/mol. The van der Waals surface area contributed by atoms with Gasteiger partial charge in [-0.3, -0.25) is 4.79 Å². The molecule has 0 radical (unpaired) electrons. The van der Waals surface area contributed by atoms with Crippen LogP contribution in [0.4, 0.5) is 18.0 Å². The molecule has 21 heavy (non-hydrogen) atoms. The van der Waals surface area contributed by atoms with E-state index in [0.29, 0.717) is 25.9 Å². The van der Waals surface area contributed by atoms with Crippen molar-refractivity contribution < 1.29 is 27.5 Å². The number of hydrogen-bond donors (Lipinski definition) is 1. The molecule has 5 nitrogen and oxygen atoms in total. The third-order valence-electron chi connectivity index (χ3n) is 2.98. The van der Waals surface area contributed by atoms with Crippen molar-refractivity contribution in [2.45, 2.75) is 45.4 Å². The maximum atomic E-state index is 12.0. The number of nitrogens with zero attached hydrogens (tertiary/aromatic N) is 1. The zero-order chi connectivity index (χ0) is 16.3. The van der Waals surface area contributed by atoms with Crippen LogP contribution in [0.3, 0.4) is 0 Å². The summed E-state index contributed by atoms with van der Waals surface area (Å²) in [6.07, 6.45) is -4.20. The normalized spacial score (nSPS) is 17.5. The molecule has 1 rings (SSSR count). The Morgan fingerprint density at radius 1 is 1.19 bits per heavy atom. The van der Waals surface area contributed by atoms with Gasteiger partial charge in [0.2, 0.25) is 5.91 Å². The molecule has 0 aromatic carbocycles. The smallest absolute Gasteiger partial charge is 0.410 e. The minimum atomic E-state index is -4.41. The van der Waals surface area contributed by atoms with Crippen molar-refractivity contribution in [2.75, 3.05) is 19.6 Å². The minimum absolute atomic E-state index is 0.305. The Morgan fingerprint density at radius 3 is 2.14 bits per heavy atom. The largest absolute Gasteiger partial charge is 0.444 e. The van der Waals surface area contributed by atoms with Crippen LogP contribution < -0.4 is 5.32 Å². The molecule has 1 N–H and O–H groups in total. The van der Waals surface area contributed by atoms with E-state index in [1.54, 1.807) is 20.8 Å². The molecule has 122 valence electrons. The van der Waals surface area contributed by atoms with Gasteiger partial charge in [0.25, 0.3) is 0 Å². The Labute approximate surface area is 121 Å². The number of rotatable bonds is 2. The maximum absolute atomic E-state index is 12.0. The van der Waals surface area contributed by atoms with Gasteiger partial charge >= 0.3 is 12.3 Å². The predicted octanol–water partition coefficient (Wildman–Crippen LogP) is 2.31. The van der Waals surface area contributed by atoms with Gasteiger partial charge in [0, 0.05) is 19.0 Å². The van der Waals surface area contributed by atoms with E-state index in [4.69, 9.17) is 4.74 Å². The van der Waals surface area contributed by atoms with Crippen molar-refractivity contribution in [2.24, 2.45) is 5.92 Å². The number of nitrogens with one attached hydrogen (secondary N) is 1. The first-order valence-corrected chi connectivity index (χ1v) is 6.80. The van der Waals surface area contributed by atoms with Crippen LogP contribution >= 0.6 is 0 Å². The molecular formula is C13H21F3N2O3. The lowest BCUT2D eigenvalue weighted by Crippen LogP contribution is -2.46. The minimum Gasteiger partial charge on any atom is -0.444 e. The van der Waals surface area contributed by atoms with Gasteiger partial charge in [-0.05, 0) is 33.6 Å². The molecule has 1 saturated heterocycles. The van der Waals surface area contributed by atoms with Crippen molar-refractivity contribution in [3.8, 4) is 0 Å². The van der Waals surface area contributed by atoms with Gasteiger partial charge in [-0.1, -0.05) is 0 Å². The second kappa shape index (κ2) is 6.53. The third kappa shape index (κ3) is 6.68. The highest BCUT2D eigenvalue weighted by atomic mass is 19.4. The van der Waals surface area contributed by atoms with E-state index < -0.39 is 36.2 Å². The Hall–Kier alpha value is -1.47. The molecule has 0 aromatic rings. The molecule has 8 heteroatoms. The van der Waals surface area contributed by atoms with Gasteiger partial charge in [0.15, 0.2) is 0 Å². The molecule has 0 aliphatic carbocycles. The number of amides is 2. The molecule has 0 saturated carbocycles. The summed E-state index contributed by atoms with van der Waals surface area (Å²) in [5.41, 5.74) is -0.599. The summed E-state index contributed by atoms with van der Waals surface area (Å²) in [4.78, 5) is 24.9. The SMILES string of the molecule is CC(C)(C)OC(=O)N1CCC(C(=O)NCC(F)(F)F)CC1. The molecular weight excluding hydrogens is 289 g/mol. The first kappa shape index (κ1) is 17.6. The molecule has 1 fully saturated rings. The topological polar surface area (TPSA) is 58.6 Å². The quantitative estimate of drug-likeness (QED) is 0.851. The van der Waals surface area contributed by atoms with Crippen LogP contribution in [-0.4, -0.2) is 48.3 Å². The molecule has 2 amide bonds. The van der Waals surface area contributed by atoms with E-state index in [9.17, 15) is 22.8 Å². The number of alkyl halides is 3. The van der Waals surface area contributed by atoms with E-state index >= 15 is 0 Å². The van der Waals surface area contributed by atoms with Gasteiger partial charge in [-0.15, -0.1) is 0 Å². The van der Waals surface area contributed by atoms with Crippen LogP contribution in [0.5, 0.6) is 0 Å². The van der Waals surface area contributed by atoms with Crippen molar-refractivity contribution in [1.29, 1.82) is 0 Å². The van der Waals surface area contributed by atoms with Crippen LogP contribution in [0.15, 0.2) is 0 Å². The van der Waals surface area contributed by atoms with Gasteiger partial charge in [-0.2, -0.15) is 13.2 Å². The molecule has 1 aliphatic rings. The second-order valence-corrected chi connectivity index (χ2v) is 6.07. The summed E-state index contributed by atoms with van der Waals surface area (Å²) < 4.78 is 41.3. The monoisotopic (exact) mass is 310 g/mol. The van der Waals surface area contributed by atoms with Crippen LogP contribution in [0.2, 0.25) is 0 Å². The van der Waals surface area contributed by atoms with Crippen LogP contribution in [-0.2, 0) is 9.53 Å². The Morgan fingerprint density at radius 2 is 1.71 bits per heavy atom. The summed E-state index contributed by atoms with van der Waals surface area (Å²) in [5, 5.41) is 1.88. The molecule has 0 spiro atoms. The fraction of sp³-hybridized carbons (Fsp3) is 0.846. The highest BCUT2D eigenvalue weighted by Gasteiger charge is 2.32. The van der Waals surface area contributed by atoms with E-state index in [0.717, 1.165) is 0 Å². The number of halogens is 3. The summed E-state index contributed by atoms with van der Waals surface area (Å²) in [5.74, 6) is -1.11. The van der Waals surface area contributed by atoms with Crippen LogP contribution in [0.1, 0.15) is 33.6 Å². The molecule has 0 bridgehead atoms. The standard InChI is InChI=1S/C13H21F3N2O3/c1-12(2,3)21-11(20)18-6-4-9(5-7-18)10(19)17-8-13(14,15)16/h9H,4-8H2,1-3H3,(H,17,19). The van der Waals surface area contributed by atoms with E-state index in [1.165, 1.54) is 4.90 Å². The van der Waals surface area contributed by atoms with Crippen molar-refractivity contribution in [1.82, 2.24) is 10.2 Å². The highest BCUT2D eigenvalue weighted by Crippen LogP contribution is 2.20. The third-order valence-corrected chi connectivity index (χ3v) is 2.98. The van der Waals surface area contributed by atoms with Crippen LogP contribution in [0, 0.1) is 5.92 Å². The maximum Gasteiger partial charge on any atom is 0.410 e. The van der Waals surface area contributed by atoms with Crippen molar-refractivity contribution in [3.63, 3.8) is 0 Å². The summed E-state index contributed by atoms with van der Waals surface area (Å²) in [7, 11) is 0. The number of carbonyl (C=O) groups excluding carboxylic acids is 2. The molecule has 1 aliphatic heterocycles. The molecule has 0 atom stereocenters. The van der Waals surface area contributed by atoms with E-state index in [-0.39, 0.29) is 0 Å². The fourth-order valence-corrected chi connectivity index (χ4v) is 1.98. The Kier molecular flexibility index (Phi) is 5.47. The molecule has 0 aromatic heterocycles. The van der Waals surface area contributed by atoms with Crippen molar-refractivity contribution >= 4 is 12.0 Å². The van der Waals surface area contributed by atoms with Crippen molar-refractivity contribution in [3.05, 3.63) is 0 Å². The van der Waals surface area contributed by atoms with Crippen LogP contribution in [0.25, 0.3) is 0 Å². The lowest BCUT2D eigenvalue weighted by atomic mass is 9.96. The summed E-state index contributed by atoms with van der Waals surface area (Å²) in [6, 6.07) is 0. The van der Waals surface area contributed by atoms with Gasteiger partial charge in [-0.25, -0.2) is 4.79 Å². The van der Waals surface area contributed by atoms with Gasteiger partial charge < -0.3 is 15.0 Å². The summed E-state index contributed by atoms with van der Waals surface area (Å²) >= 11 is 0. The fourth-order valence-electron chi connectivity index (χ4n) is 1.98. The van der Waals surface area contributed by atoms with E-state index in [2.05, 4.69) is 0 Å². The Balaban J connectivity index is 2.38. The zero-order valence-electron chi connectivity index (χ0n) is 12.4. The number of carbonyl (C=O) groups is 2.